The summed E-state index contributed by atoms with van der Waals surface area (Å²) in [5, 5.41) is 25.1. The summed E-state index contributed by atoms with van der Waals surface area (Å²) in [5.41, 5.74) is -0.164. The zero-order chi connectivity index (χ0) is 73.4. The second kappa shape index (κ2) is 40.0. The molecule has 0 aromatic heterocycles. The number of carbonyl (C=O) groups excluding carboxylic acids is 10. The van der Waals surface area contributed by atoms with Crippen molar-refractivity contribution in [1.82, 2.24) is 35.1 Å². The molecule has 23 heteroatoms. The number of nitrogens with one attached hydrogen (secondary N) is 2. The normalized spacial score (nSPS) is 18.4. The molecule has 12 atom stereocenters. The Bertz CT molecular complexity index is 2800. The van der Waals surface area contributed by atoms with Crippen molar-refractivity contribution in [3.05, 3.63) is 35.9 Å². The molecule has 1 unspecified atom stereocenters. The molecule has 2 aliphatic rings. The fourth-order valence-electron chi connectivity index (χ4n) is 14.0. The molecule has 3 rings (SSSR count). The molecule has 0 saturated carbocycles. The maximum Gasteiger partial charge on any atom is 0.326 e. The van der Waals surface area contributed by atoms with Gasteiger partial charge in [-0.1, -0.05) is 127 Å². The largest absolute Gasteiger partial charge is 0.481 e. The predicted octanol–water partition coefficient (Wildman–Crippen LogP) is 8.30. The van der Waals surface area contributed by atoms with Gasteiger partial charge in [-0.25, -0.2) is 4.79 Å². The van der Waals surface area contributed by atoms with E-state index in [2.05, 4.69) is 15.5 Å². The molecule has 0 aliphatic carbocycles. The highest BCUT2D eigenvalue weighted by atomic mass is 16.5. The van der Waals surface area contributed by atoms with Gasteiger partial charge in [-0.2, -0.15) is 0 Å². The highest BCUT2D eigenvalue weighted by Crippen LogP contribution is 2.36. The van der Waals surface area contributed by atoms with E-state index >= 15 is 0 Å². The summed E-state index contributed by atoms with van der Waals surface area (Å²) in [6.07, 6.45) is 0.646. The van der Waals surface area contributed by atoms with Crippen LogP contribution in [0, 0.1) is 58.2 Å². The van der Waals surface area contributed by atoms with E-state index in [9.17, 15) is 67.7 Å². The van der Waals surface area contributed by atoms with Crippen LogP contribution in [-0.4, -0.2) is 210 Å². The average Bonchev–Trinajstić information content (AvgIpc) is 1.67. The standard InChI is InChI=1S/C74H121N7O16/c1-19-48(6)66(79(16)69(91)53(46(2)3)43-59(84)65(47(4)5)77(14)36-25-26-37-78(15)72(95)74(11,12)13)60(96-17)45-63(87)80-38-27-31-56(80)67(97-18)49(7)57(82)42-52(40-50-28-21-20-22-29-50)58(83)41-51(32-33-64(88)89)68(90)76-55(71(93)94)30-23-24-35-75-61(85)34-39-81-62(86)44-54(70(81)92)73(8,9)10/h20-22,28-29,46-49,51-56,60,65-67H,19,23-27,30-45H2,1-18H3,(H,75,85)(H,76,90)(H,88,89)(H,93,94)/t48-,49-,51+,52+,53-,54?,55-,56-,60+,65-,66-,67+/m0/s1. The minimum atomic E-state index is -1.42. The first-order valence-electron chi connectivity index (χ1n) is 35.4. The Balaban J connectivity index is 1.76. The summed E-state index contributed by atoms with van der Waals surface area (Å²) in [4.78, 5) is 171. The molecule has 2 saturated heterocycles. The lowest BCUT2D eigenvalue weighted by molar-refractivity contribution is -0.149. The van der Waals surface area contributed by atoms with Crippen LogP contribution < -0.4 is 10.6 Å². The number of aliphatic carboxylic acids is 2. The summed E-state index contributed by atoms with van der Waals surface area (Å²) in [5.74, 6) is -10.4. The molecule has 23 nitrogen and oxygen atoms in total. The molecule has 1 aromatic rings. The van der Waals surface area contributed by atoms with Crippen LogP contribution >= 0.6 is 0 Å². The Morgan fingerprint density at radius 3 is 1.91 bits per heavy atom. The number of Topliss-reactive ketones (excluding diaryl/α,β-unsaturated/α-hetero) is 3. The minimum Gasteiger partial charge on any atom is -0.481 e. The first kappa shape index (κ1) is 84.8. The van der Waals surface area contributed by atoms with E-state index in [1.807, 2.05) is 97.2 Å². The van der Waals surface area contributed by atoms with Crippen molar-refractivity contribution < 1.29 is 77.2 Å². The van der Waals surface area contributed by atoms with Crippen LogP contribution in [0.4, 0.5) is 0 Å². The molecule has 4 N–H and O–H groups in total. The van der Waals surface area contributed by atoms with Gasteiger partial charge in [0.15, 0.2) is 5.78 Å². The van der Waals surface area contributed by atoms with Crippen LogP contribution in [0.3, 0.4) is 0 Å². The lowest BCUT2D eigenvalue weighted by Gasteiger charge is -2.41. The lowest BCUT2D eigenvalue weighted by Crippen LogP contribution is -2.54. The van der Waals surface area contributed by atoms with Crippen LogP contribution in [0.15, 0.2) is 30.3 Å². The number of hydrogen-bond donors (Lipinski definition) is 4. The van der Waals surface area contributed by atoms with Crippen molar-refractivity contribution in [3.8, 4) is 0 Å². The number of unbranched alkanes of at least 4 members (excludes halogenated alkanes) is 2. The SMILES string of the molecule is CC[C@H](C)[C@@H]([C@@H](CC(=O)N1CCC[C@H]1[C@H](OC)[C@@H](C)C(=O)C[C@@H](Cc1ccccc1)C(=O)C[C@@H](CCC(=O)O)C(=O)N[C@@H](CCCCNC(=O)CCN1C(=O)CC(C(C)(C)C)C1=O)C(=O)O)OC)N(C)C(=O)[C@@H](CC(=O)[C@H](C(C)C)N(C)CCCCN(C)C(=O)C(C)(C)C)C(C)C. The van der Waals surface area contributed by atoms with Crippen molar-refractivity contribution in [3.63, 3.8) is 0 Å². The smallest absolute Gasteiger partial charge is 0.326 e. The third kappa shape index (κ3) is 26.0. The fourth-order valence-corrected chi connectivity index (χ4v) is 14.0. The molecule has 548 valence electrons. The first-order chi connectivity index (χ1) is 45.3. The van der Waals surface area contributed by atoms with Gasteiger partial charge in [-0.05, 0) is 100 Å². The number of nitrogens with zero attached hydrogens (tertiary/aromatic N) is 5. The summed E-state index contributed by atoms with van der Waals surface area (Å²) >= 11 is 0. The molecule has 97 heavy (non-hydrogen) atoms. The summed E-state index contributed by atoms with van der Waals surface area (Å²) in [6, 6.07) is 5.99. The number of hydrogen-bond acceptors (Lipinski definition) is 15. The quantitative estimate of drug-likeness (QED) is 0.0353. The van der Waals surface area contributed by atoms with E-state index in [0.717, 1.165) is 23.3 Å². The molecule has 2 fully saturated rings. The number of likely N-dealkylation sites (tertiary alicyclic amines) is 2. The summed E-state index contributed by atoms with van der Waals surface area (Å²) in [7, 11) is 8.46. The minimum absolute atomic E-state index is 0.0264. The monoisotopic (exact) mass is 1360 g/mol. The van der Waals surface area contributed by atoms with Crippen LogP contribution in [0.1, 0.15) is 198 Å². The number of ether oxygens (including phenoxy) is 2. The van der Waals surface area contributed by atoms with E-state index < -0.39 is 119 Å². The molecule has 2 aliphatic heterocycles. The van der Waals surface area contributed by atoms with Gasteiger partial charge in [0.2, 0.25) is 41.4 Å². The second-order valence-electron chi connectivity index (χ2n) is 30.3. The third-order valence-corrected chi connectivity index (χ3v) is 20.0. The Morgan fingerprint density at radius 2 is 1.36 bits per heavy atom. The van der Waals surface area contributed by atoms with E-state index in [0.29, 0.717) is 45.3 Å². The van der Waals surface area contributed by atoms with Gasteiger partial charge >= 0.3 is 11.9 Å². The van der Waals surface area contributed by atoms with Crippen LogP contribution in [0.25, 0.3) is 0 Å². The number of ketones is 3. The number of carboxylic acid groups (broad SMARTS) is 2. The van der Waals surface area contributed by atoms with E-state index in [-0.39, 0.29) is 130 Å². The number of likely N-dealkylation sites (N-methyl/N-ethyl adjacent to an activating group) is 2. The molecular weight excluding hydrogens is 1240 g/mol. The van der Waals surface area contributed by atoms with Crippen molar-refractivity contribution >= 4 is 70.6 Å². The first-order valence-corrected chi connectivity index (χ1v) is 35.4. The van der Waals surface area contributed by atoms with Crippen molar-refractivity contribution in [2.24, 2.45) is 58.2 Å². The molecule has 0 spiro atoms. The number of carbonyl (C=O) groups is 12. The van der Waals surface area contributed by atoms with Gasteiger partial charge < -0.3 is 45.0 Å². The summed E-state index contributed by atoms with van der Waals surface area (Å²) in [6.45, 7) is 26.7. The lowest BCUT2D eigenvalue weighted by atomic mass is 9.80. The average molecular weight is 1360 g/mol. The molecular formula is C74H121N7O16. The number of methoxy groups -OCH3 is 2. The molecule has 0 radical (unpaired) electrons. The van der Waals surface area contributed by atoms with Crippen molar-refractivity contribution in [2.75, 3.05) is 68.1 Å². The number of amides is 7. The van der Waals surface area contributed by atoms with Gasteiger partial charge in [0.25, 0.3) is 0 Å². The third-order valence-electron chi connectivity index (χ3n) is 20.0. The van der Waals surface area contributed by atoms with Crippen molar-refractivity contribution in [1.29, 1.82) is 0 Å². The molecule has 2 heterocycles. The Kier molecular flexibility index (Phi) is 34.9. The number of rotatable bonds is 44. The molecule has 7 amide bonds. The number of carboxylic acids is 2. The maximum absolute atomic E-state index is 14.9. The highest BCUT2D eigenvalue weighted by molar-refractivity contribution is 6.04. The summed E-state index contributed by atoms with van der Waals surface area (Å²) < 4.78 is 12.3. The number of benzene rings is 1. The molecule has 1 aromatic carbocycles. The molecule has 0 bridgehead atoms. The van der Waals surface area contributed by atoms with E-state index in [1.54, 1.807) is 59.0 Å². The zero-order valence-electron chi connectivity index (χ0n) is 61.9. The van der Waals surface area contributed by atoms with E-state index in [1.165, 1.54) is 14.2 Å². The Hall–Kier alpha value is -6.46. The van der Waals surface area contributed by atoms with Crippen molar-refractivity contribution in [2.45, 2.75) is 236 Å². The van der Waals surface area contributed by atoms with Gasteiger partial charge in [0.1, 0.15) is 17.6 Å². The van der Waals surface area contributed by atoms with Crippen LogP contribution in [0.2, 0.25) is 0 Å². The van der Waals surface area contributed by atoms with E-state index in [4.69, 9.17) is 9.47 Å². The zero-order valence-corrected chi connectivity index (χ0v) is 61.9. The van der Waals surface area contributed by atoms with Gasteiger partial charge in [0.05, 0.1) is 42.7 Å². The fraction of sp³-hybridized carbons (Fsp3) is 0.757. The van der Waals surface area contributed by atoms with Crippen LogP contribution in [-0.2, 0) is 73.4 Å². The second-order valence-corrected chi connectivity index (χ2v) is 30.3. The maximum atomic E-state index is 14.9. The van der Waals surface area contributed by atoms with Gasteiger partial charge in [0, 0.05) is 122 Å². The van der Waals surface area contributed by atoms with Gasteiger partial charge in [-0.15, -0.1) is 0 Å². The predicted molar refractivity (Wildman–Crippen MR) is 370 cm³/mol. The number of imide groups is 1. The Morgan fingerprint density at radius 1 is 0.732 bits per heavy atom. The van der Waals surface area contributed by atoms with Gasteiger partial charge in [-0.3, -0.25) is 62.5 Å². The van der Waals surface area contributed by atoms with Crippen LogP contribution in [0.5, 0.6) is 0 Å². The highest BCUT2D eigenvalue weighted by Gasteiger charge is 2.46. The topological polar surface area (TPSA) is 304 Å². The Labute approximate surface area is 578 Å².